The Morgan fingerprint density at radius 1 is 1.26 bits per heavy atom. The van der Waals surface area contributed by atoms with Crippen LogP contribution in [0.5, 0.6) is 0 Å². The van der Waals surface area contributed by atoms with Gasteiger partial charge in [0.15, 0.2) is 6.23 Å². The standard InChI is InChI=1S/C16H23N2O8P/c1-4-23-14(19)10-27(22,24-5-2)25-9-12-6-7-13(26-12)18-8-11(3)15(20)17-16(18)21/h6-8,12-13H,4-5,9-10H2,1-3H3,(H,17,20,21)/t12-,13+,27?/m0/s1. The number of hydrogen-bond acceptors (Lipinski definition) is 8. The molecule has 1 aliphatic heterocycles. The molecule has 2 rings (SSSR count). The van der Waals surface area contributed by atoms with Crippen molar-refractivity contribution in [3.63, 3.8) is 0 Å². The van der Waals surface area contributed by atoms with Crippen LogP contribution in [0.25, 0.3) is 0 Å². The first-order valence-corrected chi connectivity index (χ1v) is 10.2. The van der Waals surface area contributed by atoms with Crippen molar-refractivity contribution in [3.05, 3.63) is 44.8 Å². The van der Waals surface area contributed by atoms with Gasteiger partial charge in [-0.2, -0.15) is 0 Å². The van der Waals surface area contributed by atoms with Crippen LogP contribution in [0.1, 0.15) is 25.6 Å². The van der Waals surface area contributed by atoms with E-state index < -0.39 is 43.3 Å². The van der Waals surface area contributed by atoms with E-state index in [1.807, 2.05) is 0 Å². The van der Waals surface area contributed by atoms with Crippen LogP contribution in [0.2, 0.25) is 0 Å². The third-order valence-electron chi connectivity index (χ3n) is 3.61. The molecule has 1 aliphatic rings. The highest BCUT2D eigenvalue weighted by atomic mass is 31.2. The molecule has 1 aromatic heterocycles. The summed E-state index contributed by atoms with van der Waals surface area (Å²) in [5, 5.41) is 0. The summed E-state index contributed by atoms with van der Waals surface area (Å²) >= 11 is 0. The summed E-state index contributed by atoms with van der Waals surface area (Å²) in [6.07, 6.45) is 2.81. The predicted octanol–water partition coefficient (Wildman–Crippen LogP) is 1.11. The molecule has 0 saturated carbocycles. The van der Waals surface area contributed by atoms with Crippen LogP contribution in [0.15, 0.2) is 27.9 Å². The number of aryl methyl sites for hydroxylation is 1. The number of nitrogens with zero attached hydrogens (tertiary/aromatic N) is 1. The molecule has 1 unspecified atom stereocenters. The maximum absolute atomic E-state index is 12.6. The van der Waals surface area contributed by atoms with Gasteiger partial charge in [-0.25, -0.2) is 4.79 Å². The van der Waals surface area contributed by atoms with E-state index >= 15 is 0 Å². The molecule has 0 aliphatic carbocycles. The van der Waals surface area contributed by atoms with Crippen LogP contribution in [-0.4, -0.2) is 47.6 Å². The molecule has 0 aromatic carbocycles. The molecule has 0 bridgehead atoms. The van der Waals surface area contributed by atoms with Gasteiger partial charge < -0.3 is 18.5 Å². The Balaban J connectivity index is 1.99. The Morgan fingerprint density at radius 2 is 2.00 bits per heavy atom. The maximum atomic E-state index is 12.6. The van der Waals surface area contributed by atoms with Gasteiger partial charge in [0.25, 0.3) is 5.56 Å². The number of rotatable bonds is 9. The molecule has 0 fully saturated rings. The van der Waals surface area contributed by atoms with Gasteiger partial charge in [0.1, 0.15) is 12.3 Å². The summed E-state index contributed by atoms with van der Waals surface area (Å²) in [5.41, 5.74) is -0.708. The van der Waals surface area contributed by atoms with E-state index in [4.69, 9.17) is 18.5 Å². The lowest BCUT2D eigenvalue weighted by molar-refractivity contribution is -0.140. The van der Waals surface area contributed by atoms with Crippen LogP contribution in [0.3, 0.4) is 0 Å². The van der Waals surface area contributed by atoms with Crippen molar-refractivity contribution in [2.75, 3.05) is 26.0 Å². The predicted molar refractivity (Wildman–Crippen MR) is 95.8 cm³/mol. The summed E-state index contributed by atoms with van der Waals surface area (Å²) in [6, 6.07) is 0. The van der Waals surface area contributed by atoms with Gasteiger partial charge in [-0.1, -0.05) is 6.08 Å². The zero-order valence-electron chi connectivity index (χ0n) is 15.4. The molecule has 0 saturated heterocycles. The summed E-state index contributed by atoms with van der Waals surface area (Å²) in [5.74, 6) is -0.676. The number of aromatic nitrogens is 2. The van der Waals surface area contributed by atoms with E-state index in [-0.39, 0.29) is 19.8 Å². The van der Waals surface area contributed by atoms with Crippen LogP contribution < -0.4 is 11.2 Å². The van der Waals surface area contributed by atoms with E-state index in [0.717, 1.165) is 0 Å². The Hall–Kier alpha value is -2.00. The SMILES string of the molecule is CCOC(=O)CP(=O)(OCC)OC[C@@H]1C=C[C@H](n2cc(C)c(=O)[nH]c2=O)O1. The number of nitrogens with one attached hydrogen (secondary N) is 1. The third kappa shape index (κ3) is 5.74. The fraction of sp³-hybridized carbons (Fsp3) is 0.562. The fourth-order valence-electron chi connectivity index (χ4n) is 2.39. The molecular formula is C16H23N2O8P. The Kier molecular flexibility index (Phi) is 7.32. The van der Waals surface area contributed by atoms with Gasteiger partial charge in [0.2, 0.25) is 0 Å². The van der Waals surface area contributed by atoms with Crippen molar-refractivity contribution in [1.82, 2.24) is 9.55 Å². The second kappa shape index (κ2) is 9.27. The molecule has 1 aromatic rings. The van der Waals surface area contributed by atoms with Gasteiger partial charge in [-0.05, 0) is 26.8 Å². The second-order valence-electron chi connectivity index (χ2n) is 5.72. The Morgan fingerprint density at radius 3 is 2.67 bits per heavy atom. The number of carbonyl (C=O) groups is 1. The second-order valence-corrected chi connectivity index (χ2v) is 7.77. The molecule has 1 N–H and O–H groups in total. The number of carbonyl (C=O) groups excluding carboxylic acids is 1. The van der Waals surface area contributed by atoms with Crippen molar-refractivity contribution < 1.29 is 27.9 Å². The summed E-state index contributed by atoms with van der Waals surface area (Å²) in [4.78, 5) is 37.2. The Bertz CT molecular complexity index is 859. The van der Waals surface area contributed by atoms with E-state index in [9.17, 15) is 18.9 Å². The molecule has 2 heterocycles. The zero-order valence-corrected chi connectivity index (χ0v) is 16.3. The van der Waals surface area contributed by atoms with Crippen LogP contribution in [-0.2, 0) is 27.9 Å². The lowest BCUT2D eigenvalue weighted by Crippen LogP contribution is -2.33. The first kappa shape index (κ1) is 21.3. The van der Waals surface area contributed by atoms with E-state index in [1.54, 1.807) is 32.9 Å². The fourth-order valence-corrected chi connectivity index (χ4v) is 3.83. The minimum absolute atomic E-state index is 0.104. The van der Waals surface area contributed by atoms with E-state index in [2.05, 4.69) is 4.98 Å². The van der Waals surface area contributed by atoms with Crippen LogP contribution >= 0.6 is 7.60 Å². The largest absolute Gasteiger partial charge is 0.466 e. The van der Waals surface area contributed by atoms with Crippen molar-refractivity contribution in [3.8, 4) is 0 Å². The molecular weight excluding hydrogens is 379 g/mol. The maximum Gasteiger partial charge on any atom is 0.341 e. The lowest BCUT2D eigenvalue weighted by Gasteiger charge is -2.20. The van der Waals surface area contributed by atoms with E-state index in [0.29, 0.717) is 5.56 Å². The minimum Gasteiger partial charge on any atom is -0.466 e. The monoisotopic (exact) mass is 402 g/mol. The zero-order chi connectivity index (χ0) is 20.0. The lowest BCUT2D eigenvalue weighted by atomic mass is 10.3. The average Bonchev–Trinajstić information content (AvgIpc) is 3.05. The highest BCUT2D eigenvalue weighted by Crippen LogP contribution is 2.48. The van der Waals surface area contributed by atoms with Gasteiger partial charge in [0, 0.05) is 11.8 Å². The van der Waals surface area contributed by atoms with Gasteiger partial charge in [0.05, 0.1) is 19.8 Å². The van der Waals surface area contributed by atoms with Crippen molar-refractivity contribution in [2.24, 2.45) is 0 Å². The van der Waals surface area contributed by atoms with Crippen LogP contribution in [0, 0.1) is 6.92 Å². The van der Waals surface area contributed by atoms with Gasteiger partial charge in [-0.15, -0.1) is 0 Å². The van der Waals surface area contributed by atoms with Crippen LogP contribution in [0.4, 0.5) is 0 Å². The third-order valence-corrected chi connectivity index (χ3v) is 5.45. The Labute approximate surface area is 155 Å². The van der Waals surface area contributed by atoms with Crippen molar-refractivity contribution in [2.45, 2.75) is 33.1 Å². The topological polar surface area (TPSA) is 126 Å². The molecule has 27 heavy (non-hydrogen) atoms. The minimum atomic E-state index is -3.68. The quantitative estimate of drug-likeness (QED) is 0.370. The first-order chi connectivity index (χ1) is 12.8. The van der Waals surface area contributed by atoms with E-state index in [1.165, 1.54) is 10.8 Å². The molecule has 0 spiro atoms. The molecule has 11 heteroatoms. The highest BCUT2D eigenvalue weighted by Gasteiger charge is 2.31. The highest BCUT2D eigenvalue weighted by molar-refractivity contribution is 7.54. The average molecular weight is 402 g/mol. The summed E-state index contributed by atoms with van der Waals surface area (Å²) in [6.45, 7) is 4.97. The normalized spacial score (nSPS) is 21.1. The van der Waals surface area contributed by atoms with Gasteiger partial charge >= 0.3 is 19.3 Å². The molecule has 3 atom stereocenters. The molecule has 10 nitrogen and oxygen atoms in total. The number of hydrogen-bond donors (Lipinski definition) is 1. The molecule has 0 amide bonds. The number of esters is 1. The van der Waals surface area contributed by atoms with Crippen molar-refractivity contribution >= 4 is 13.6 Å². The number of aromatic amines is 1. The van der Waals surface area contributed by atoms with Gasteiger partial charge in [-0.3, -0.25) is 23.7 Å². The summed E-state index contributed by atoms with van der Waals surface area (Å²) < 4.78 is 34.8. The smallest absolute Gasteiger partial charge is 0.341 e. The van der Waals surface area contributed by atoms with Crippen molar-refractivity contribution in [1.29, 1.82) is 0 Å². The number of ether oxygens (including phenoxy) is 2. The summed E-state index contributed by atoms with van der Waals surface area (Å²) in [7, 11) is -3.68. The molecule has 0 radical (unpaired) electrons. The first-order valence-electron chi connectivity index (χ1n) is 8.47. The molecule has 150 valence electrons. The number of H-pyrrole nitrogens is 1.